The van der Waals surface area contributed by atoms with E-state index in [4.69, 9.17) is 9.51 Å². The van der Waals surface area contributed by atoms with Crippen LogP contribution in [0.4, 0.5) is 0 Å². The average Bonchev–Trinajstić information content (AvgIpc) is 3.09. The molecule has 3 rings (SSSR count). The van der Waals surface area contributed by atoms with Crippen molar-refractivity contribution in [2.24, 2.45) is 0 Å². The SMILES string of the molecule is CCC(C)n1c(SCc2nc(C(C)C)no2)nc2ccccc2c1=O. The standard InChI is InChI=1S/C18H22N4O2S/c1-5-12(4)22-17(23)13-8-6-7-9-14(13)19-18(22)25-10-15-20-16(11(2)3)21-24-15/h6-9,11-12H,5,10H2,1-4H3. The number of hydrogen-bond donors (Lipinski definition) is 0. The Morgan fingerprint density at radius 2 is 1.96 bits per heavy atom. The molecule has 3 aromatic rings. The van der Waals surface area contributed by atoms with Crippen molar-refractivity contribution < 1.29 is 4.52 Å². The molecule has 0 aliphatic heterocycles. The van der Waals surface area contributed by atoms with Crippen molar-refractivity contribution in [1.29, 1.82) is 0 Å². The van der Waals surface area contributed by atoms with Crippen LogP contribution >= 0.6 is 11.8 Å². The highest BCUT2D eigenvalue weighted by Crippen LogP contribution is 2.25. The highest BCUT2D eigenvalue weighted by molar-refractivity contribution is 7.98. The van der Waals surface area contributed by atoms with Gasteiger partial charge in [-0.1, -0.05) is 49.8 Å². The summed E-state index contributed by atoms with van der Waals surface area (Å²) in [7, 11) is 0. The van der Waals surface area contributed by atoms with E-state index in [0.717, 1.165) is 6.42 Å². The number of hydrogen-bond acceptors (Lipinski definition) is 6. The molecule has 6 nitrogen and oxygen atoms in total. The number of nitrogens with zero attached hydrogens (tertiary/aromatic N) is 4. The van der Waals surface area contributed by atoms with Crippen molar-refractivity contribution in [2.45, 2.75) is 57.0 Å². The summed E-state index contributed by atoms with van der Waals surface area (Å²) in [6, 6.07) is 7.52. The van der Waals surface area contributed by atoms with Gasteiger partial charge in [-0.15, -0.1) is 0 Å². The minimum absolute atomic E-state index is 0.00384. The fourth-order valence-corrected chi connectivity index (χ4v) is 3.42. The van der Waals surface area contributed by atoms with E-state index in [1.165, 1.54) is 11.8 Å². The van der Waals surface area contributed by atoms with Gasteiger partial charge in [-0.3, -0.25) is 9.36 Å². The smallest absolute Gasteiger partial charge is 0.262 e. The summed E-state index contributed by atoms with van der Waals surface area (Å²) in [5, 5.41) is 5.31. The summed E-state index contributed by atoms with van der Waals surface area (Å²) in [6.07, 6.45) is 0.853. The molecule has 0 fully saturated rings. The quantitative estimate of drug-likeness (QED) is 0.486. The number of para-hydroxylation sites is 1. The maximum absolute atomic E-state index is 12.9. The van der Waals surface area contributed by atoms with E-state index in [0.29, 0.717) is 33.5 Å². The topological polar surface area (TPSA) is 73.8 Å². The zero-order valence-electron chi connectivity index (χ0n) is 14.9. The third kappa shape index (κ3) is 3.61. The van der Waals surface area contributed by atoms with Crippen LogP contribution in [0.3, 0.4) is 0 Å². The normalized spacial score (nSPS) is 12.8. The van der Waals surface area contributed by atoms with E-state index in [9.17, 15) is 4.79 Å². The number of benzene rings is 1. The Morgan fingerprint density at radius 3 is 2.64 bits per heavy atom. The van der Waals surface area contributed by atoms with Crippen LogP contribution in [-0.2, 0) is 5.75 Å². The summed E-state index contributed by atoms with van der Waals surface area (Å²) in [4.78, 5) is 22.0. The van der Waals surface area contributed by atoms with Gasteiger partial charge in [-0.05, 0) is 25.5 Å². The van der Waals surface area contributed by atoms with E-state index in [2.05, 4.69) is 17.1 Å². The lowest BCUT2D eigenvalue weighted by molar-refractivity contribution is 0.382. The van der Waals surface area contributed by atoms with Crippen LogP contribution in [0.15, 0.2) is 38.7 Å². The summed E-state index contributed by atoms with van der Waals surface area (Å²) < 4.78 is 7.07. The van der Waals surface area contributed by atoms with Crippen molar-refractivity contribution in [1.82, 2.24) is 19.7 Å². The Morgan fingerprint density at radius 1 is 1.20 bits per heavy atom. The van der Waals surface area contributed by atoms with Crippen molar-refractivity contribution in [3.05, 3.63) is 46.3 Å². The van der Waals surface area contributed by atoms with Gasteiger partial charge in [0.2, 0.25) is 5.89 Å². The van der Waals surface area contributed by atoms with E-state index in [-0.39, 0.29) is 17.5 Å². The van der Waals surface area contributed by atoms with Crippen LogP contribution in [0.2, 0.25) is 0 Å². The fourth-order valence-electron chi connectivity index (χ4n) is 2.49. The molecule has 0 bridgehead atoms. The molecule has 0 aliphatic carbocycles. The molecule has 1 unspecified atom stereocenters. The summed E-state index contributed by atoms with van der Waals surface area (Å²) >= 11 is 1.45. The molecule has 0 aliphatic rings. The summed E-state index contributed by atoms with van der Waals surface area (Å²) in [5.41, 5.74) is 0.707. The second-order valence-corrected chi connectivity index (χ2v) is 7.28. The Hall–Kier alpha value is -2.15. The van der Waals surface area contributed by atoms with E-state index in [1.54, 1.807) is 4.57 Å². The van der Waals surface area contributed by atoms with Crippen LogP contribution in [0.1, 0.15) is 57.8 Å². The number of aromatic nitrogens is 4. The molecule has 7 heteroatoms. The molecule has 0 spiro atoms. The molecule has 1 atom stereocenters. The first-order chi connectivity index (χ1) is 12.0. The van der Waals surface area contributed by atoms with Gasteiger partial charge < -0.3 is 4.52 Å². The summed E-state index contributed by atoms with van der Waals surface area (Å²) in [6.45, 7) is 8.14. The van der Waals surface area contributed by atoms with Gasteiger partial charge in [-0.25, -0.2) is 4.98 Å². The second-order valence-electron chi connectivity index (χ2n) is 6.33. The molecular formula is C18H22N4O2S. The first kappa shape index (κ1) is 17.7. The predicted molar refractivity (Wildman–Crippen MR) is 99.0 cm³/mol. The third-order valence-corrected chi connectivity index (χ3v) is 5.07. The Balaban J connectivity index is 1.97. The van der Waals surface area contributed by atoms with Gasteiger partial charge in [0, 0.05) is 12.0 Å². The number of thioether (sulfide) groups is 1. The first-order valence-corrected chi connectivity index (χ1v) is 9.46. The molecule has 2 aromatic heterocycles. The maximum atomic E-state index is 12.9. The lowest BCUT2D eigenvalue weighted by atomic mass is 10.2. The van der Waals surface area contributed by atoms with Crippen LogP contribution in [0.25, 0.3) is 10.9 Å². The van der Waals surface area contributed by atoms with Crippen molar-refractivity contribution >= 4 is 22.7 Å². The molecule has 1 aromatic carbocycles. The van der Waals surface area contributed by atoms with Gasteiger partial charge in [0.1, 0.15) is 0 Å². The second kappa shape index (κ2) is 7.39. The zero-order valence-corrected chi connectivity index (χ0v) is 15.7. The molecule has 0 saturated carbocycles. The van der Waals surface area contributed by atoms with Crippen molar-refractivity contribution in [2.75, 3.05) is 0 Å². The molecule has 132 valence electrons. The Kier molecular flexibility index (Phi) is 5.22. The van der Waals surface area contributed by atoms with E-state index < -0.39 is 0 Å². The van der Waals surface area contributed by atoms with Crippen molar-refractivity contribution in [3.8, 4) is 0 Å². The Bertz CT molecular complexity index is 932. The fraction of sp³-hybridized carbons (Fsp3) is 0.444. The maximum Gasteiger partial charge on any atom is 0.262 e. The van der Waals surface area contributed by atoms with Crippen LogP contribution in [0, 0.1) is 0 Å². The molecule has 0 saturated heterocycles. The Labute approximate surface area is 150 Å². The third-order valence-electron chi connectivity index (χ3n) is 4.13. The van der Waals surface area contributed by atoms with E-state index in [1.807, 2.05) is 45.0 Å². The van der Waals surface area contributed by atoms with Gasteiger partial charge in [-0.2, -0.15) is 4.98 Å². The van der Waals surface area contributed by atoms with Gasteiger partial charge in [0.25, 0.3) is 5.56 Å². The number of rotatable bonds is 6. The minimum Gasteiger partial charge on any atom is -0.338 e. The average molecular weight is 358 g/mol. The molecule has 0 N–H and O–H groups in total. The lowest BCUT2D eigenvalue weighted by Gasteiger charge is -2.17. The largest absolute Gasteiger partial charge is 0.338 e. The van der Waals surface area contributed by atoms with Crippen LogP contribution in [0.5, 0.6) is 0 Å². The van der Waals surface area contributed by atoms with Crippen LogP contribution in [-0.4, -0.2) is 19.7 Å². The van der Waals surface area contributed by atoms with Gasteiger partial charge in [0.15, 0.2) is 11.0 Å². The summed E-state index contributed by atoms with van der Waals surface area (Å²) in [5.74, 6) is 1.95. The number of fused-ring (bicyclic) bond motifs is 1. The first-order valence-electron chi connectivity index (χ1n) is 8.47. The van der Waals surface area contributed by atoms with Crippen molar-refractivity contribution in [3.63, 3.8) is 0 Å². The highest BCUT2D eigenvalue weighted by Gasteiger charge is 2.17. The van der Waals surface area contributed by atoms with Gasteiger partial charge >= 0.3 is 0 Å². The van der Waals surface area contributed by atoms with Crippen LogP contribution < -0.4 is 5.56 Å². The minimum atomic E-state index is -0.00384. The highest BCUT2D eigenvalue weighted by atomic mass is 32.2. The molecule has 25 heavy (non-hydrogen) atoms. The molecule has 2 heterocycles. The molecular weight excluding hydrogens is 336 g/mol. The van der Waals surface area contributed by atoms with Gasteiger partial charge in [0.05, 0.1) is 16.7 Å². The molecule has 0 amide bonds. The monoisotopic (exact) mass is 358 g/mol. The lowest BCUT2D eigenvalue weighted by Crippen LogP contribution is -2.26. The predicted octanol–water partition coefficient (Wildman–Crippen LogP) is 4.17. The molecule has 0 radical (unpaired) electrons. The zero-order chi connectivity index (χ0) is 18.0. The van der Waals surface area contributed by atoms with E-state index >= 15 is 0 Å².